The van der Waals surface area contributed by atoms with Crippen LogP contribution in [0.5, 0.6) is 0 Å². The van der Waals surface area contributed by atoms with Crippen molar-refractivity contribution in [2.45, 2.75) is 140 Å². The van der Waals surface area contributed by atoms with Crippen molar-refractivity contribution in [3.8, 4) is 0 Å². The van der Waals surface area contributed by atoms with Gasteiger partial charge in [0.1, 0.15) is 0 Å². The first-order valence-electron chi connectivity index (χ1n) is 20.4. The van der Waals surface area contributed by atoms with Crippen LogP contribution in [-0.4, -0.2) is 125 Å². The van der Waals surface area contributed by atoms with Gasteiger partial charge >= 0.3 is 257 Å². The number of ether oxygens (including phenoxy) is 8. The van der Waals surface area contributed by atoms with E-state index in [4.69, 9.17) is 42.3 Å². The molecule has 3 saturated heterocycles. The number of nitrogens with one attached hydrogen (secondary N) is 1. The van der Waals surface area contributed by atoms with Crippen LogP contribution in [0.4, 0.5) is 0 Å². The molecule has 12 nitrogen and oxygen atoms in total. The quantitative estimate of drug-likeness (QED) is 0.155. The van der Waals surface area contributed by atoms with Gasteiger partial charge in [0.15, 0.2) is 8.32 Å². The second-order valence-electron chi connectivity index (χ2n) is 18.0. The molecule has 0 radical (unpaired) electrons. The third kappa shape index (κ3) is 10.6. The number of hydrogen-bond acceptors (Lipinski definition) is 11. The first-order valence-corrected chi connectivity index (χ1v) is 25.4. The van der Waals surface area contributed by atoms with E-state index in [0.717, 1.165) is 5.32 Å². The SMILES string of the molecule is CO[C@H](CO[Si](C)(C)C(C)(C)C)C[C@H]1O[C@H]2[C@H](OCO[C@@H]2NC(=O)[C@@H](OC(=O)c2ccccc2)[C@@]2(OC)C[C@@H](C[Se]c3ccccc3)[C@@H](C)[C@@H](C)O2)[C@@H](OC)C1(C)C. The zero-order chi connectivity index (χ0) is 42.5. The van der Waals surface area contributed by atoms with E-state index in [0.29, 0.717) is 25.0 Å². The summed E-state index contributed by atoms with van der Waals surface area (Å²) in [5.41, 5.74) is -0.230. The van der Waals surface area contributed by atoms with Gasteiger partial charge in [-0.25, -0.2) is 0 Å². The van der Waals surface area contributed by atoms with Crippen molar-refractivity contribution in [1.29, 1.82) is 0 Å². The van der Waals surface area contributed by atoms with Gasteiger partial charge in [-0.05, 0) is 18.1 Å². The Kier molecular flexibility index (Phi) is 15.9. The molecule has 0 bridgehead atoms. The normalized spacial score (nSPS) is 31.1. The number of hydrogen-bond donors (Lipinski definition) is 1. The monoisotopic (exact) mass is 893 g/mol. The van der Waals surface area contributed by atoms with Gasteiger partial charge in [0.25, 0.3) is 0 Å². The molecule has 0 spiro atoms. The van der Waals surface area contributed by atoms with Crippen molar-refractivity contribution in [2.24, 2.45) is 17.3 Å². The third-order valence-electron chi connectivity index (χ3n) is 12.9. The average Bonchev–Trinajstić information content (AvgIpc) is 3.19. The molecule has 3 fully saturated rings. The summed E-state index contributed by atoms with van der Waals surface area (Å²) in [6.45, 7) is 19.7. The Balaban J connectivity index is 1.42. The molecule has 1 N–H and O–H groups in total. The molecule has 0 aromatic heterocycles. The summed E-state index contributed by atoms with van der Waals surface area (Å²) < 4.78 is 58.2. The molecule has 14 heteroatoms. The molecule has 5 rings (SSSR count). The molecule has 11 atom stereocenters. The van der Waals surface area contributed by atoms with Gasteiger partial charge in [-0.2, -0.15) is 0 Å². The minimum atomic E-state index is -2.05. The van der Waals surface area contributed by atoms with Crippen molar-refractivity contribution in [1.82, 2.24) is 5.32 Å². The predicted molar refractivity (Wildman–Crippen MR) is 224 cm³/mol. The van der Waals surface area contributed by atoms with E-state index in [9.17, 15) is 9.59 Å². The maximum absolute atomic E-state index is 14.8. The molecule has 3 aliphatic heterocycles. The second kappa shape index (κ2) is 19.7. The number of esters is 1. The predicted octanol–water partition coefficient (Wildman–Crippen LogP) is 6.11. The van der Waals surface area contributed by atoms with Crippen LogP contribution in [0.2, 0.25) is 23.5 Å². The standard InChI is InChI=1S/C44H67NO11SeSi/c1-28-29(2)56-44(50-10,24-31(28)26-57-33-21-17-14-18-22-33)38(55-41(47)30-19-15-13-16-20-30)39(46)45-40-36-35(51-27-52-40)37(49-9)43(6,7)34(54-36)23-32(48-8)25-53-58(11,12)42(3,4)5/h13-22,28-29,31-32,34-38,40H,23-27H2,1-12H3,(H,45,46)/t28-,29+,31-,32-,34+,35-,36-,37+,38+,40-,44+/m0/s1. The number of benzene rings is 2. The third-order valence-corrected chi connectivity index (χ3v) is 20.0. The molecule has 3 aliphatic rings. The number of methoxy groups -OCH3 is 3. The molecule has 0 unspecified atom stereocenters. The molecule has 58 heavy (non-hydrogen) atoms. The molecule has 2 aromatic rings. The van der Waals surface area contributed by atoms with Crippen molar-refractivity contribution in [3.05, 3.63) is 66.2 Å². The molecule has 0 aliphatic carbocycles. The Labute approximate surface area is 353 Å². The minimum Gasteiger partial charge on any atom is -0.0548 e. The van der Waals surface area contributed by atoms with Gasteiger partial charge in [-0.1, -0.05) is 34.6 Å². The van der Waals surface area contributed by atoms with Crippen molar-refractivity contribution in [2.75, 3.05) is 34.7 Å². The van der Waals surface area contributed by atoms with Crippen molar-refractivity contribution < 1.29 is 51.9 Å². The first kappa shape index (κ1) is 46.9. The summed E-state index contributed by atoms with van der Waals surface area (Å²) in [7, 11) is 2.79. The average molecular weight is 893 g/mol. The van der Waals surface area contributed by atoms with E-state index < -0.39 is 68.1 Å². The van der Waals surface area contributed by atoms with E-state index in [1.54, 1.807) is 38.5 Å². The summed E-state index contributed by atoms with van der Waals surface area (Å²) in [4.78, 5) is 28.6. The van der Waals surface area contributed by atoms with Crippen molar-refractivity contribution in [3.63, 3.8) is 0 Å². The fourth-order valence-corrected chi connectivity index (χ4v) is 11.4. The number of rotatable bonds is 16. The van der Waals surface area contributed by atoms with E-state index in [1.807, 2.05) is 31.2 Å². The number of carbonyl (C=O) groups is 2. The topological polar surface area (TPSA) is 129 Å². The zero-order valence-electron chi connectivity index (χ0n) is 36.5. The molecule has 324 valence electrons. The summed E-state index contributed by atoms with van der Waals surface area (Å²) in [6.07, 6.45) is -4.42. The number of fused-ring (bicyclic) bond motifs is 1. The summed E-state index contributed by atoms with van der Waals surface area (Å²) in [5.74, 6) is -2.64. The maximum atomic E-state index is 14.8. The van der Waals surface area contributed by atoms with E-state index in [2.05, 4.69) is 72.1 Å². The van der Waals surface area contributed by atoms with Gasteiger partial charge in [0, 0.05) is 14.2 Å². The van der Waals surface area contributed by atoms with E-state index >= 15 is 0 Å². The van der Waals surface area contributed by atoms with Crippen LogP contribution in [0.15, 0.2) is 60.7 Å². The molecule has 2 aromatic carbocycles. The van der Waals surface area contributed by atoms with Crippen LogP contribution in [0.25, 0.3) is 0 Å². The smallest absolute Gasteiger partial charge is 0.0548 e. The van der Waals surface area contributed by atoms with Crippen LogP contribution in [0.1, 0.15) is 71.7 Å². The van der Waals surface area contributed by atoms with Gasteiger partial charge < -0.3 is 9.16 Å². The Morgan fingerprint density at radius 2 is 1.62 bits per heavy atom. The summed E-state index contributed by atoms with van der Waals surface area (Å²) in [5, 5.41) is 3.97. The van der Waals surface area contributed by atoms with Crippen LogP contribution >= 0.6 is 0 Å². The van der Waals surface area contributed by atoms with Gasteiger partial charge in [0.05, 0.1) is 12.7 Å². The minimum absolute atomic E-state index is 0.0416. The van der Waals surface area contributed by atoms with Crippen LogP contribution in [0.3, 0.4) is 0 Å². The molecular weight excluding hydrogens is 826 g/mol. The van der Waals surface area contributed by atoms with Gasteiger partial charge in [-0.15, -0.1) is 0 Å². The Morgan fingerprint density at radius 3 is 2.22 bits per heavy atom. The summed E-state index contributed by atoms with van der Waals surface area (Å²) >= 11 is 0.166. The van der Waals surface area contributed by atoms with Crippen molar-refractivity contribution >= 4 is 39.6 Å². The van der Waals surface area contributed by atoms with E-state index in [-0.39, 0.29) is 50.8 Å². The second-order valence-corrected chi connectivity index (χ2v) is 25.1. The number of amides is 1. The Morgan fingerprint density at radius 1 is 0.966 bits per heavy atom. The molecule has 3 heterocycles. The molecular formula is C44H67NO11SeSi. The van der Waals surface area contributed by atoms with Gasteiger partial charge in [0.2, 0.25) is 0 Å². The van der Waals surface area contributed by atoms with Crippen LogP contribution < -0.4 is 9.78 Å². The van der Waals surface area contributed by atoms with Crippen LogP contribution in [0, 0.1) is 17.3 Å². The number of carbonyl (C=O) groups excluding carboxylic acids is 2. The molecule has 1 amide bonds. The van der Waals surface area contributed by atoms with E-state index in [1.165, 1.54) is 11.6 Å². The fourth-order valence-electron chi connectivity index (χ4n) is 7.89. The van der Waals surface area contributed by atoms with Crippen LogP contribution in [-0.2, 0) is 47.1 Å². The Hall–Kier alpha value is -2.20. The molecule has 0 saturated carbocycles. The zero-order valence-corrected chi connectivity index (χ0v) is 39.2. The Bertz CT molecular complexity index is 1630. The fraction of sp³-hybridized carbons (Fsp3) is 0.682. The van der Waals surface area contributed by atoms with Gasteiger partial charge in [-0.3, -0.25) is 0 Å². The first-order chi connectivity index (χ1) is 27.4. The summed E-state index contributed by atoms with van der Waals surface area (Å²) in [6, 6.07) is 19.0.